The molecule has 0 aliphatic rings. The van der Waals surface area contributed by atoms with E-state index in [1.807, 2.05) is 19.9 Å². The van der Waals surface area contributed by atoms with Crippen molar-refractivity contribution in [2.45, 2.75) is 72.1 Å². The smallest absolute Gasteiger partial charge is 0.323 e. The molecule has 216 valence electrons. The number of carbonyl (C=O) groups excluding carboxylic acids is 2. The van der Waals surface area contributed by atoms with Crippen molar-refractivity contribution < 1.29 is 33.5 Å². The lowest BCUT2D eigenvalue weighted by Gasteiger charge is -2.26. The van der Waals surface area contributed by atoms with E-state index in [1.54, 1.807) is 52.0 Å². The van der Waals surface area contributed by atoms with E-state index in [4.69, 9.17) is 14.2 Å². The van der Waals surface area contributed by atoms with Gasteiger partial charge in [-0.15, -0.1) is 0 Å². The average Bonchev–Trinajstić information content (AvgIpc) is 2.86. The van der Waals surface area contributed by atoms with Gasteiger partial charge < -0.3 is 19.3 Å². The molecule has 0 aromatic heterocycles. The Bertz CT molecular complexity index is 1160. The molecule has 0 saturated carbocycles. The number of hydrogen-bond acceptors (Lipinski definition) is 7. The molecule has 2 aromatic rings. The van der Waals surface area contributed by atoms with Crippen LogP contribution in [0.15, 0.2) is 39.3 Å². The van der Waals surface area contributed by atoms with Crippen molar-refractivity contribution in [3.63, 3.8) is 0 Å². The Morgan fingerprint density at radius 3 is 1.90 bits per heavy atom. The van der Waals surface area contributed by atoms with Crippen LogP contribution in [-0.2, 0) is 29.8 Å². The van der Waals surface area contributed by atoms with E-state index in [-0.39, 0.29) is 31.0 Å². The second kappa shape index (κ2) is 15.2. The van der Waals surface area contributed by atoms with Crippen molar-refractivity contribution in [1.82, 2.24) is 10.2 Å². The zero-order valence-electron chi connectivity index (χ0n) is 23.0. The number of halogens is 2. The maximum atomic E-state index is 14.1. The van der Waals surface area contributed by atoms with Crippen molar-refractivity contribution in [2.75, 3.05) is 13.2 Å². The van der Waals surface area contributed by atoms with Crippen LogP contribution in [0.3, 0.4) is 0 Å². The summed E-state index contributed by atoms with van der Waals surface area (Å²) in [5, 5.41) is 15.9. The van der Waals surface area contributed by atoms with E-state index in [1.165, 1.54) is 0 Å². The molecule has 12 heteroatoms. The summed E-state index contributed by atoms with van der Waals surface area (Å²) in [4.78, 5) is 24.5. The highest BCUT2D eigenvalue weighted by Gasteiger charge is 2.32. The van der Waals surface area contributed by atoms with Gasteiger partial charge >= 0.3 is 11.9 Å². The Morgan fingerprint density at radius 2 is 1.44 bits per heavy atom. The Labute approximate surface area is 247 Å². The second-order valence-electron chi connectivity index (χ2n) is 9.12. The minimum absolute atomic E-state index is 0.0324. The van der Waals surface area contributed by atoms with Gasteiger partial charge in [0.15, 0.2) is 5.75 Å². The van der Waals surface area contributed by atoms with Gasteiger partial charge in [0.25, 0.3) is 0 Å². The first-order valence-electron chi connectivity index (χ1n) is 12.8. The average molecular weight is 692 g/mol. The summed E-state index contributed by atoms with van der Waals surface area (Å²) in [6.07, 6.45) is 0.833. The van der Waals surface area contributed by atoms with Crippen LogP contribution < -0.4 is 14.9 Å². The largest absolute Gasteiger partial charge is 0.508 e. The van der Waals surface area contributed by atoms with Gasteiger partial charge in [-0.3, -0.25) is 14.2 Å². The summed E-state index contributed by atoms with van der Waals surface area (Å²) in [7, 11) is -3.57. The van der Waals surface area contributed by atoms with Gasteiger partial charge in [-0.25, -0.2) is 10.2 Å². The van der Waals surface area contributed by atoms with Crippen LogP contribution >= 0.6 is 39.3 Å². The SMILES string of the molecule is CCOC(=O)[C@H](C)NP(=O)(Cc1cc(Br)c(Oc2ccc(O)c(C(C)CC)c2)c(Br)c1)N[C@@H](C)C(=O)OCC. The van der Waals surface area contributed by atoms with Gasteiger partial charge in [0.2, 0.25) is 7.44 Å². The molecule has 0 amide bonds. The Morgan fingerprint density at radius 1 is 0.923 bits per heavy atom. The van der Waals surface area contributed by atoms with Crippen LogP contribution in [0, 0.1) is 0 Å². The maximum absolute atomic E-state index is 14.1. The van der Waals surface area contributed by atoms with Crippen molar-refractivity contribution >= 4 is 51.2 Å². The van der Waals surface area contributed by atoms with E-state index < -0.39 is 31.5 Å². The fourth-order valence-corrected chi connectivity index (χ4v) is 7.64. The minimum Gasteiger partial charge on any atom is -0.508 e. The predicted molar refractivity (Wildman–Crippen MR) is 159 cm³/mol. The number of carbonyl (C=O) groups is 2. The van der Waals surface area contributed by atoms with Gasteiger partial charge in [0, 0.05) is 5.56 Å². The summed E-state index contributed by atoms with van der Waals surface area (Å²) in [6, 6.07) is 6.85. The van der Waals surface area contributed by atoms with Crippen LogP contribution in [0.4, 0.5) is 0 Å². The van der Waals surface area contributed by atoms with Gasteiger partial charge in [0.05, 0.1) is 28.3 Å². The zero-order valence-corrected chi connectivity index (χ0v) is 27.1. The molecule has 0 radical (unpaired) electrons. The number of rotatable bonds is 14. The molecule has 1 unspecified atom stereocenters. The molecule has 3 N–H and O–H groups in total. The number of nitrogens with one attached hydrogen (secondary N) is 2. The van der Waals surface area contributed by atoms with Crippen molar-refractivity contribution in [2.24, 2.45) is 0 Å². The van der Waals surface area contributed by atoms with Crippen LogP contribution in [-0.4, -0.2) is 42.3 Å². The van der Waals surface area contributed by atoms with Crippen LogP contribution in [0.2, 0.25) is 0 Å². The van der Waals surface area contributed by atoms with Crippen molar-refractivity contribution in [1.29, 1.82) is 0 Å². The first kappa shape index (κ1) is 33.3. The highest BCUT2D eigenvalue weighted by Crippen LogP contribution is 2.45. The lowest BCUT2D eigenvalue weighted by atomic mass is 9.97. The van der Waals surface area contributed by atoms with E-state index in [0.717, 1.165) is 12.0 Å². The number of phenols is 1. The number of hydrogen-bond donors (Lipinski definition) is 3. The van der Waals surface area contributed by atoms with Gasteiger partial charge in [-0.05, 0) is 108 Å². The maximum Gasteiger partial charge on any atom is 0.323 e. The van der Waals surface area contributed by atoms with Crippen LogP contribution in [0.25, 0.3) is 0 Å². The molecule has 0 saturated heterocycles. The lowest BCUT2D eigenvalue weighted by molar-refractivity contribution is -0.145. The number of phenolic OH excluding ortho intramolecular Hbond substituents is 1. The molecule has 2 aromatic carbocycles. The zero-order chi connectivity index (χ0) is 29.3. The van der Waals surface area contributed by atoms with Crippen LogP contribution in [0.5, 0.6) is 17.2 Å². The molecule has 0 heterocycles. The minimum atomic E-state index is -3.57. The normalized spacial score (nSPS) is 13.8. The molecule has 0 spiro atoms. The Kier molecular flexibility index (Phi) is 13.0. The summed E-state index contributed by atoms with van der Waals surface area (Å²) in [5.41, 5.74) is 1.44. The van der Waals surface area contributed by atoms with E-state index in [9.17, 15) is 19.3 Å². The summed E-state index contributed by atoms with van der Waals surface area (Å²) < 4.78 is 31.5. The molecule has 2 rings (SSSR count). The molecule has 0 bridgehead atoms. The third kappa shape index (κ3) is 9.60. The van der Waals surface area contributed by atoms with Gasteiger partial charge in [-0.2, -0.15) is 0 Å². The van der Waals surface area contributed by atoms with E-state index in [2.05, 4.69) is 42.0 Å². The Balaban J connectivity index is 2.36. The fourth-order valence-electron chi connectivity index (χ4n) is 3.78. The van der Waals surface area contributed by atoms with Gasteiger partial charge in [-0.1, -0.05) is 13.8 Å². The summed E-state index contributed by atoms with van der Waals surface area (Å²) in [5.74, 6) is 0.314. The Hall–Kier alpha value is -1.91. The standard InChI is InChI=1S/C27H37Br2N2O7P/c1-7-16(4)21-14-20(10-11-24(21)32)38-25-22(28)12-19(13-23(25)29)15-39(35,30-17(5)26(33)36-8-2)31-18(6)27(34)37-9-3/h10-14,16-18,32H,7-9,15H2,1-6H3,(H2,30,31,35)/t16?,17-,18-/m0/s1. The fraction of sp³-hybridized carbons (Fsp3) is 0.481. The molecule has 9 nitrogen and oxygen atoms in total. The molecule has 0 fully saturated rings. The predicted octanol–water partition coefficient (Wildman–Crippen LogP) is 7.00. The quantitative estimate of drug-likeness (QED) is 0.142. The third-order valence-electron chi connectivity index (χ3n) is 5.91. The molecule has 0 aliphatic heterocycles. The van der Waals surface area contributed by atoms with Crippen molar-refractivity contribution in [3.05, 3.63) is 50.4 Å². The molecule has 39 heavy (non-hydrogen) atoms. The third-order valence-corrected chi connectivity index (χ3v) is 9.51. The number of esters is 2. The van der Waals surface area contributed by atoms with E-state index in [0.29, 0.717) is 26.0 Å². The van der Waals surface area contributed by atoms with E-state index >= 15 is 0 Å². The second-order valence-corrected chi connectivity index (χ2v) is 13.1. The van der Waals surface area contributed by atoms with Gasteiger partial charge in [0.1, 0.15) is 23.6 Å². The molecular formula is C27H37Br2N2O7P. The summed E-state index contributed by atoms with van der Waals surface area (Å²) in [6.45, 7) is 10.9. The summed E-state index contributed by atoms with van der Waals surface area (Å²) >= 11 is 7.09. The molecule has 0 aliphatic carbocycles. The first-order chi connectivity index (χ1) is 18.3. The highest BCUT2D eigenvalue weighted by molar-refractivity contribution is 9.11. The van der Waals surface area contributed by atoms with Crippen LogP contribution in [0.1, 0.15) is 65.0 Å². The molecule has 3 atom stereocenters. The molecular weight excluding hydrogens is 655 g/mol. The monoisotopic (exact) mass is 690 g/mol. The number of benzene rings is 2. The number of ether oxygens (including phenoxy) is 3. The first-order valence-corrected chi connectivity index (χ1v) is 16.3. The number of aromatic hydroxyl groups is 1. The lowest BCUT2D eigenvalue weighted by Crippen LogP contribution is -2.42. The topological polar surface area (TPSA) is 123 Å². The highest BCUT2D eigenvalue weighted by atomic mass is 79.9. The van der Waals surface area contributed by atoms with Crippen molar-refractivity contribution in [3.8, 4) is 17.2 Å².